The lowest BCUT2D eigenvalue weighted by molar-refractivity contribution is 1.04. The molecule has 1 nitrogen and oxygen atoms in total. The van der Waals surface area contributed by atoms with Crippen LogP contribution in [0.4, 0.5) is 0 Å². The van der Waals surface area contributed by atoms with Gasteiger partial charge in [-0.3, -0.25) is 0 Å². The first kappa shape index (κ1) is 9.98. The predicted octanol–water partition coefficient (Wildman–Crippen LogP) is 3.54. The fraction of sp³-hybridized carbons (Fsp3) is 0.286. The molecule has 1 unspecified atom stereocenters. The van der Waals surface area contributed by atoms with E-state index in [0.717, 1.165) is 11.1 Å². The van der Waals surface area contributed by atoms with Crippen molar-refractivity contribution in [3.63, 3.8) is 0 Å². The average molecular weight is 196 g/mol. The third-order valence-corrected chi connectivity index (χ3v) is 2.93. The molecule has 1 aliphatic carbocycles. The zero-order valence-electron chi connectivity index (χ0n) is 8.74. The minimum absolute atomic E-state index is 0.0124. The highest BCUT2D eigenvalue weighted by molar-refractivity contribution is 5.45. The molecule has 0 aliphatic heterocycles. The number of allylic oxidation sites excluding steroid dienone is 1. The van der Waals surface area contributed by atoms with Crippen molar-refractivity contribution in [1.82, 2.24) is 0 Å². The van der Waals surface area contributed by atoms with E-state index in [1.807, 2.05) is 6.07 Å². The Morgan fingerprint density at radius 1 is 1.47 bits per heavy atom. The smallest absolute Gasteiger partial charge is 0.0994 e. The third-order valence-electron chi connectivity index (χ3n) is 2.93. The third kappa shape index (κ3) is 1.94. The Hall–Kier alpha value is -1.55. The van der Waals surface area contributed by atoms with Gasteiger partial charge >= 0.3 is 0 Å². The molecule has 1 saturated carbocycles. The Morgan fingerprint density at radius 2 is 2.20 bits per heavy atom. The Labute approximate surface area is 91.0 Å². The van der Waals surface area contributed by atoms with Crippen LogP contribution in [-0.2, 0) is 0 Å². The molecule has 1 radical (unpaired) electrons. The second-order valence-corrected chi connectivity index (χ2v) is 4.07. The van der Waals surface area contributed by atoms with Crippen LogP contribution in [0.2, 0.25) is 0 Å². The lowest BCUT2D eigenvalue weighted by Gasteiger charge is -2.10. The molecule has 0 aromatic heterocycles. The van der Waals surface area contributed by atoms with Crippen molar-refractivity contribution in [2.24, 2.45) is 0 Å². The topological polar surface area (TPSA) is 23.8 Å². The molecule has 0 amide bonds. The van der Waals surface area contributed by atoms with Gasteiger partial charge < -0.3 is 0 Å². The summed E-state index contributed by atoms with van der Waals surface area (Å²) in [5.74, 6) is 0.729. The normalized spacial score (nSPS) is 16.8. The molecular weight excluding hydrogens is 182 g/mol. The van der Waals surface area contributed by atoms with E-state index in [-0.39, 0.29) is 5.92 Å². The van der Waals surface area contributed by atoms with Crippen LogP contribution < -0.4 is 0 Å². The molecule has 2 rings (SSSR count). The van der Waals surface area contributed by atoms with Gasteiger partial charge in [0.25, 0.3) is 0 Å². The second kappa shape index (κ2) is 3.90. The minimum Gasteiger partial charge on any atom is -0.192 e. The average Bonchev–Trinajstić information content (AvgIpc) is 3.11. The van der Waals surface area contributed by atoms with Gasteiger partial charge in [-0.15, -0.1) is 6.58 Å². The quantitative estimate of drug-likeness (QED) is 0.678. The van der Waals surface area contributed by atoms with Crippen LogP contribution in [0.1, 0.15) is 41.4 Å². The Morgan fingerprint density at radius 3 is 2.73 bits per heavy atom. The van der Waals surface area contributed by atoms with Gasteiger partial charge in [-0.05, 0) is 42.9 Å². The van der Waals surface area contributed by atoms with Gasteiger partial charge in [0.2, 0.25) is 0 Å². The minimum atomic E-state index is 0.0124. The summed E-state index contributed by atoms with van der Waals surface area (Å²) in [6.07, 6.45) is 4.34. The molecule has 1 aliphatic rings. The summed E-state index contributed by atoms with van der Waals surface area (Å²) in [6.45, 7) is 7.72. The molecule has 1 fully saturated rings. The van der Waals surface area contributed by atoms with Crippen LogP contribution in [-0.4, -0.2) is 0 Å². The van der Waals surface area contributed by atoms with E-state index in [1.165, 1.54) is 18.4 Å². The van der Waals surface area contributed by atoms with Crippen molar-refractivity contribution >= 4 is 0 Å². The maximum absolute atomic E-state index is 9.00. The molecule has 0 N–H and O–H groups in total. The van der Waals surface area contributed by atoms with Crippen molar-refractivity contribution < 1.29 is 0 Å². The van der Waals surface area contributed by atoms with Crippen LogP contribution in [0.3, 0.4) is 0 Å². The van der Waals surface area contributed by atoms with Gasteiger partial charge in [-0.1, -0.05) is 18.2 Å². The highest BCUT2D eigenvalue weighted by atomic mass is 14.3. The van der Waals surface area contributed by atoms with Crippen LogP contribution in [0, 0.1) is 18.3 Å². The summed E-state index contributed by atoms with van der Waals surface area (Å²) in [7, 11) is 0. The van der Waals surface area contributed by atoms with Gasteiger partial charge in [0.15, 0.2) is 0 Å². The van der Waals surface area contributed by atoms with E-state index in [2.05, 4.69) is 31.7 Å². The number of benzene rings is 1. The van der Waals surface area contributed by atoms with Gasteiger partial charge in [-0.25, -0.2) is 0 Å². The Bertz CT molecular complexity index is 421. The molecule has 1 atom stereocenters. The molecule has 1 heteroatoms. The number of rotatable bonds is 3. The van der Waals surface area contributed by atoms with Crippen LogP contribution in [0.5, 0.6) is 0 Å². The second-order valence-electron chi connectivity index (χ2n) is 4.07. The van der Waals surface area contributed by atoms with E-state index in [4.69, 9.17) is 5.26 Å². The summed E-state index contributed by atoms with van der Waals surface area (Å²) in [6, 6.07) is 8.30. The highest BCUT2D eigenvalue weighted by Crippen LogP contribution is 2.41. The van der Waals surface area contributed by atoms with E-state index in [1.54, 1.807) is 6.08 Å². The molecule has 0 saturated heterocycles. The summed E-state index contributed by atoms with van der Waals surface area (Å²) < 4.78 is 0. The van der Waals surface area contributed by atoms with Crippen molar-refractivity contribution in [1.29, 1.82) is 5.26 Å². The lowest BCUT2D eigenvalue weighted by Crippen LogP contribution is -1.95. The summed E-state index contributed by atoms with van der Waals surface area (Å²) >= 11 is 0. The standard InChI is InChI=1S/C14H14N/c1-3-10(2)14-8-12(11-4-5-11)6-7-13(14)9-15/h3,6-8,10-11H,1-2,4-5H2. The first-order chi connectivity index (χ1) is 7.26. The predicted molar refractivity (Wildman–Crippen MR) is 61.4 cm³/mol. The van der Waals surface area contributed by atoms with E-state index in [9.17, 15) is 0 Å². The van der Waals surface area contributed by atoms with E-state index < -0.39 is 0 Å². The summed E-state index contributed by atoms with van der Waals surface area (Å²) in [5.41, 5.74) is 3.08. The van der Waals surface area contributed by atoms with Crippen molar-refractivity contribution in [2.45, 2.75) is 24.7 Å². The summed E-state index contributed by atoms with van der Waals surface area (Å²) in [4.78, 5) is 0. The molecule has 1 aromatic rings. The maximum atomic E-state index is 9.00. The number of nitrogens with zero attached hydrogens (tertiary/aromatic N) is 1. The van der Waals surface area contributed by atoms with Crippen molar-refractivity contribution in [3.8, 4) is 6.07 Å². The van der Waals surface area contributed by atoms with Gasteiger partial charge in [0.1, 0.15) is 0 Å². The lowest BCUT2D eigenvalue weighted by atomic mass is 9.93. The number of nitriles is 1. The van der Waals surface area contributed by atoms with Crippen LogP contribution in [0.15, 0.2) is 30.9 Å². The zero-order chi connectivity index (χ0) is 10.8. The zero-order valence-corrected chi connectivity index (χ0v) is 8.74. The highest BCUT2D eigenvalue weighted by Gasteiger charge is 2.24. The van der Waals surface area contributed by atoms with Crippen molar-refractivity contribution in [3.05, 3.63) is 54.5 Å². The molecular formula is C14H14N. The van der Waals surface area contributed by atoms with Crippen LogP contribution in [0.25, 0.3) is 0 Å². The summed E-state index contributed by atoms with van der Waals surface area (Å²) in [5, 5.41) is 9.00. The SMILES string of the molecule is [CH2]C(C=C)c1cc(C2CC2)ccc1C#N. The number of hydrogen-bond acceptors (Lipinski definition) is 1. The van der Waals surface area contributed by atoms with Gasteiger partial charge in [0, 0.05) is 5.92 Å². The molecule has 0 bridgehead atoms. The fourth-order valence-electron chi connectivity index (χ4n) is 1.79. The maximum Gasteiger partial charge on any atom is 0.0994 e. The first-order valence-electron chi connectivity index (χ1n) is 5.26. The Kier molecular flexibility index (Phi) is 2.60. The molecule has 75 valence electrons. The van der Waals surface area contributed by atoms with E-state index >= 15 is 0 Å². The monoisotopic (exact) mass is 196 g/mol. The molecule has 1 aromatic carbocycles. The number of hydrogen-bond donors (Lipinski definition) is 0. The largest absolute Gasteiger partial charge is 0.192 e. The van der Waals surface area contributed by atoms with Gasteiger partial charge in [0.05, 0.1) is 11.6 Å². The van der Waals surface area contributed by atoms with Crippen molar-refractivity contribution in [2.75, 3.05) is 0 Å². The van der Waals surface area contributed by atoms with Crippen LogP contribution >= 0.6 is 0 Å². The fourth-order valence-corrected chi connectivity index (χ4v) is 1.79. The van der Waals surface area contributed by atoms with E-state index in [0.29, 0.717) is 5.92 Å². The Balaban J connectivity index is 2.42. The first-order valence-corrected chi connectivity index (χ1v) is 5.26. The molecule has 15 heavy (non-hydrogen) atoms. The van der Waals surface area contributed by atoms with Gasteiger partial charge in [-0.2, -0.15) is 5.26 Å². The molecule has 0 spiro atoms. The molecule has 0 heterocycles.